The molecule has 0 aliphatic rings. The van der Waals surface area contributed by atoms with Crippen LogP contribution in [0, 0.1) is 0 Å². The highest BCUT2D eigenvalue weighted by molar-refractivity contribution is 6.10. The van der Waals surface area contributed by atoms with E-state index in [-0.39, 0.29) is 5.75 Å². The first-order chi connectivity index (χ1) is 22.0. The van der Waals surface area contributed by atoms with Gasteiger partial charge in [0.25, 0.3) is 0 Å². The summed E-state index contributed by atoms with van der Waals surface area (Å²) in [6.07, 6.45) is 3.14. The van der Waals surface area contributed by atoms with E-state index in [0.29, 0.717) is 51.7 Å². The molecule has 5 aromatic rings. The van der Waals surface area contributed by atoms with Crippen molar-refractivity contribution in [1.82, 2.24) is 4.57 Å². The van der Waals surface area contributed by atoms with Crippen molar-refractivity contribution in [2.75, 3.05) is 46.0 Å². The highest BCUT2D eigenvalue weighted by Gasteiger charge is 2.15. The highest BCUT2D eigenvalue weighted by Crippen LogP contribution is 2.38. The predicted molar refractivity (Wildman–Crippen MR) is 183 cm³/mol. The smallest absolute Gasteiger partial charge is 0.123 e. The van der Waals surface area contributed by atoms with Gasteiger partial charge >= 0.3 is 0 Å². The lowest BCUT2D eigenvalue weighted by atomic mass is 9.99. The minimum Gasteiger partial charge on any atom is -0.508 e. The van der Waals surface area contributed by atoms with Crippen LogP contribution >= 0.6 is 0 Å². The molecule has 0 unspecified atom stereocenters. The number of phenols is 1. The summed E-state index contributed by atoms with van der Waals surface area (Å²) in [6.45, 7) is 4.67. The van der Waals surface area contributed by atoms with Crippen molar-refractivity contribution in [1.29, 1.82) is 0 Å². The summed E-state index contributed by atoms with van der Waals surface area (Å²) in [7, 11) is 0. The first-order valence-electron chi connectivity index (χ1n) is 15.8. The Kier molecular flexibility index (Phi) is 11.2. The van der Waals surface area contributed by atoms with Gasteiger partial charge in [-0.2, -0.15) is 0 Å². The summed E-state index contributed by atoms with van der Waals surface area (Å²) < 4.78 is 20.3. The number of ether oxygens (including phenoxy) is 3. The van der Waals surface area contributed by atoms with E-state index in [9.17, 15) is 5.11 Å². The van der Waals surface area contributed by atoms with E-state index in [2.05, 4.69) is 41.0 Å². The van der Waals surface area contributed by atoms with Gasteiger partial charge in [-0.15, -0.1) is 0 Å². The van der Waals surface area contributed by atoms with Gasteiger partial charge in [-0.1, -0.05) is 12.1 Å². The van der Waals surface area contributed by atoms with Gasteiger partial charge in [0, 0.05) is 40.5 Å². The van der Waals surface area contributed by atoms with Crippen molar-refractivity contribution in [2.45, 2.75) is 32.2 Å². The highest BCUT2D eigenvalue weighted by atomic mass is 16.5. The van der Waals surface area contributed by atoms with E-state index in [1.54, 1.807) is 12.1 Å². The number of aromatic nitrogens is 1. The minimum absolute atomic E-state index is 0.154. The summed E-state index contributed by atoms with van der Waals surface area (Å²) in [4.78, 5) is 0. The average Bonchev–Trinajstić information content (AvgIpc) is 3.36. The standard InChI is InChI=1S/C36H45N5O4/c37-9-1-13-41-35-7-5-25(27-17-29(42)23-30(18-27)43-14-2-10-38)21-33(35)34-22-26(6-8-36(34)41)28-19-31(44-15-3-11-39)24-32(20-28)45-16-4-12-40/h5-8,17-24,42H,1-4,9-16,37-40H2. The quantitative estimate of drug-likeness (QED) is 0.0879. The Morgan fingerprint density at radius 2 is 0.933 bits per heavy atom. The third kappa shape index (κ3) is 7.87. The first kappa shape index (κ1) is 32.1. The number of benzene rings is 4. The summed E-state index contributed by atoms with van der Waals surface area (Å²) >= 11 is 0. The fourth-order valence-corrected chi connectivity index (χ4v) is 5.51. The van der Waals surface area contributed by atoms with Crippen LogP contribution in [-0.4, -0.2) is 55.7 Å². The number of nitrogens with zero attached hydrogens (tertiary/aromatic N) is 1. The molecule has 45 heavy (non-hydrogen) atoms. The lowest BCUT2D eigenvalue weighted by molar-refractivity contribution is 0.298. The van der Waals surface area contributed by atoms with Crippen LogP contribution in [0.15, 0.2) is 72.8 Å². The SMILES string of the molecule is NCCCOc1cc(O)cc(-c2ccc3c(c2)c2cc(-c4cc(OCCCN)cc(OCCCN)c4)ccc2n3CCCN)c1. The molecule has 9 heteroatoms. The largest absolute Gasteiger partial charge is 0.508 e. The van der Waals surface area contributed by atoms with Crippen LogP contribution < -0.4 is 37.1 Å². The van der Waals surface area contributed by atoms with E-state index >= 15 is 0 Å². The number of phenolic OH excluding ortho intramolecular Hbond substituents is 1. The van der Waals surface area contributed by atoms with Crippen molar-refractivity contribution in [2.24, 2.45) is 22.9 Å². The third-order valence-electron chi connectivity index (χ3n) is 7.74. The van der Waals surface area contributed by atoms with Crippen LogP contribution in [-0.2, 0) is 6.54 Å². The molecule has 0 saturated carbocycles. The fraction of sp³-hybridized carbons (Fsp3) is 0.333. The number of nitrogens with two attached hydrogens (primary N) is 4. The van der Waals surface area contributed by atoms with Crippen LogP contribution in [0.4, 0.5) is 0 Å². The van der Waals surface area contributed by atoms with E-state index in [4.69, 9.17) is 37.1 Å². The van der Waals surface area contributed by atoms with Crippen LogP contribution in [0.5, 0.6) is 23.0 Å². The van der Waals surface area contributed by atoms with Gasteiger partial charge in [-0.3, -0.25) is 0 Å². The molecule has 0 radical (unpaired) electrons. The van der Waals surface area contributed by atoms with E-state index in [1.807, 2.05) is 24.3 Å². The Hall–Kier alpha value is -4.28. The number of hydrogen-bond acceptors (Lipinski definition) is 8. The zero-order valence-electron chi connectivity index (χ0n) is 25.8. The van der Waals surface area contributed by atoms with E-state index in [1.165, 1.54) is 0 Å². The molecule has 0 saturated heterocycles. The van der Waals surface area contributed by atoms with E-state index < -0.39 is 0 Å². The Labute approximate surface area is 264 Å². The summed E-state index contributed by atoms with van der Waals surface area (Å²) in [5, 5.41) is 12.7. The lowest BCUT2D eigenvalue weighted by Gasteiger charge is -2.13. The maximum atomic E-state index is 10.5. The molecule has 9 nitrogen and oxygen atoms in total. The van der Waals surface area contributed by atoms with Gasteiger partial charge in [-0.05, 0) is 123 Å². The molecule has 0 atom stereocenters. The van der Waals surface area contributed by atoms with Crippen molar-refractivity contribution in [3.05, 3.63) is 72.8 Å². The van der Waals surface area contributed by atoms with Gasteiger partial charge in [0.05, 0.1) is 19.8 Å². The molecule has 4 aromatic carbocycles. The van der Waals surface area contributed by atoms with Crippen molar-refractivity contribution < 1.29 is 19.3 Å². The second kappa shape index (κ2) is 15.6. The van der Waals surface area contributed by atoms with Gasteiger partial charge in [0.1, 0.15) is 23.0 Å². The molecule has 0 amide bonds. The van der Waals surface area contributed by atoms with Crippen molar-refractivity contribution in [3.8, 4) is 45.3 Å². The molecule has 0 bridgehead atoms. The van der Waals surface area contributed by atoms with Crippen molar-refractivity contribution >= 4 is 21.8 Å². The first-order valence-corrected chi connectivity index (χ1v) is 15.8. The average molecular weight is 612 g/mol. The molecule has 5 rings (SSSR count). The maximum Gasteiger partial charge on any atom is 0.123 e. The Balaban J connectivity index is 1.60. The Bertz CT molecular complexity index is 1690. The number of rotatable bonds is 17. The van der Waals surface area contributed by atoms with Crippen LogP contribution in [0.1, 0.15) is 25.7 Å². The van der Waals surface area contributed by atoms with Crippen LogP contribution in [0.3, 0.4) is 0 Å². The number of aryl methyl sites for hydroxylation is 1. The maximum absolute atomic E-state index is 10.5. The second-order valence-electron chi connectivity index (χ2n) is 11.1. The second-order valence-corrected chi connectivity index (χ2v) is 11.1. The zero-order chi connectivity index (χ0) is 31.6. The number of fused-ring (bicyclic) bond motifs is 3. The van der Waals surface area contributed by atoms with Gasteiger partial charge in [-0.25, -0.2) is 0 Å². The van der Waals surface area contributed by atoms with Crippen LogP contribution in [0.2, 0.25) is 0 Å². The van der Waals surface area contributed by atoms with Gasteiger partial charge < -0.3 is 46.8 Å². The van der Waals surface area contributed by atoms with Crippen LogP contribution in [0.25, 0.3) is 44.1 Å². The molecule has 0 fully saturated rings. The molecule has 1 heterocycles. The molecule has 238 valence electrons. The monoisotopic (exact) mass is 611 g/mol. The lowest BCUT2D eigenvalue weighted by Crippen LogP contribution is -2.07. The summed E-state index contributed by atoms with van der Waals surface area (Å²) in [5.74, 6) is 2.25. The Morgan fingerprint density at radius 3 is 1.40 bits per heavy atom. The number of aromatic hydroxyl groups is 1. The van der Waals surface area contributed by atoms with Gasteiger partial charge in [0.2, 0.25) is 0 Å². The minimum atomic E-state index is 0.154. The fourth-order valence-electron chi connectivity index (χ4n) is 5.51. The molecule has 1 aromatic heterocycles. The predicted octanol–water partition coefficient (Wildman–Crippen LogP) is 5.37. The summed E-state index contributed by atoms with van der Waals surface area (Å²) in [6, 6.07) is 24.3. The number of hydrogen-bond donors (Lipinski definition) is 5. The molecule has 0 spiro atoms. The summed E-state index contributed by atoms with van der Waals surface area (Å²) in [5.41, 5.74) is 29.1. The van der Waals surface area contributed by atoms with Gasteiger partial charge in [0.15, 0.2) is 0 Å². The molecule has 0 aliphatic heterocycles. The molecule has 9 N–H and O–H groups in total. The topological polar surface area (TPSA) is 157 Å². The normalized spacial score (nSPS) is 11.4. The van der Waals surface area contributed by atoms with Crippen molar-refractivity contribution in [3.63, 3.8) is 0 Å². The zero-order valence-corrected chi connectivity index (χ0v) is 25.8. The molecule has 0 aliphatic carbocycles. The third-order valence-corrected chi connectivity index (χ3v) is 7.74. The molecular weight excluding hydrogens is 566 g/mol. The van der Waals surface area contributed by atoms with E-state index in [0.717, 1.165) is 87.8 Å². The molecular formula is C36H45N5O4. The Morgan fingerprint density at radius 1 is 0.489 bits per heavy atom.